The number of para-hydroxylation sites is 6. The van der Waals surface area contributed by atoms with E-state index in [4.69, 9.17) is 15.2 Å². The molecule has 22 rings (SSSR count). The zero-order valence-electron chi connectivity index (χ0n) is 61.2. The maximum Gasteiger partial charge on any atom is 0.238 e. The van der Waals surface area contributed by atoms with Crippen molar-refractivity contribution in [3.8, 4) is 39.6 Å². The second kappa shape index (κ2) is 29.0. The summed E-state index contributed by atoms with van der Waals surface area (Å²) in [5, 5.41) is 18.0. The number of pyridine rings is 1. The SMILES string of the molecule is c1ccc(-c2nc3ccccn3c2-c2cccc(-n3c4ccccc4c4ccccc43)c2)cc1.c1ccc(C2=N[N+](c3ccc(-n4c5ccccc5c5ccccc54)cc3)=C(c3ccccc3)C2)cc1.c1ccc(C2=N[N+](c3ccc(-n4c5ccccc5c5ccccc54)cc3)=C(c3ccccc3)C2c2ccccc2)cc1. The summed E-state index contributed by atoms with van der Waals surface area (Å²) < 4.78 is 13.5. The van der Waals surface area contributed by atoms with Crippen LogP contribution in [0.2, 0.25) is 0 Å². The summed E-state index contributed by atoms with van der Waals surface area (Å²) in [7, 11) is 0. The summed E-state index contributed by atoms with van der Waals surface area (Å²) in [6, 6.07) is 148. The van der Waals surface area contributed by atoms with Crippen molar-refractivity contribution in [2.45, 2.75) is 12.3 Å². The molecular formula is C103H73N9+2. The van der Waals surface area contributed by atoms with Gasteiger partial charge < -0.3 is 13.7 Å². The maximum absolute atomic E-state index is 5.34. The number of fused-ring (bicyclic) bond motifs is 10. The minimum atomic E-state index is -0.00647. The Morgan fingerprint density at radius 2 is 0.652 bits per heavy atom. The molecule has 0 fully saturated rings. The molecule has 9 heteroatoms. The van der Waals surface area contributed by atoms with Gasteiger partial charge in [0.15, 0.2) is 0 Å². The van der Waals surface area contributed by atoms with E-state index < -0.39 is 0 Å². The van der Waals surface area contributed by atoms with Gasteiger partial charge in [0, 0.05) is 123 Å². The molecule has 0 N–H and O–H groups in total. The van der Waals surface area contributed by atoms with Gasteiger partial charge in [0.05, 0.1) is 50.9 Å². The third kappa shape index (κ3) is 12.1. The van der Waals surface area contributed by atoms with E-state index in [1.807, 2.05) is 18.2 Å². The summed E-state index contributed by atoms with van der Waals surface area (Å²) >= 11 is 0. The van der Waals surface area contributed by atoms with Crippen LogP contribution in [0.5, 0.6) is 0 Å². The molecule has 0 amide bonds. The lowest BCUT2D eigenvalue weighted by atomic mass is 9.84. The fraction of sp³-hybridized carbons (Fsp3) is 0.0194. The monoisotopic (exact) mass is 1440 g/mol. The zero-order chi connectivity index (χ0) is 74.3. The van der Waals surface area contributed by atoms with E-state index in [2.05, 4.69) is 434 Å². The highest BCUT2D eigenvalue weighted by Crippen LogP contribution is 2.41. The quantitative estimate of drug-likeness (QED) is 0.112. The van der Waals surface area contributed by atoms with Crippen molar-refractivity contribution in [2.24, 2.45) is 10.2 Å². The van der Waals surface area contributed by atoms with E-state index in [0.29, 0.717) is 0 Å². The molecule has 528 valence electrons. The van der Waals surface area contributed by atoms with E-state index in [9.17, 15) is 0 Å². The molecule has 0 spiro atoms. The maximum atomic E-state index is 5.34. The van der Waals surface area contributed by atoms with E-state index in [1.165, 1.54) is 82.3 Å². The van der Waals surface area contributed by atoms with Crippen molar-refractivity contribution >= 4 is 105 Å². The lowest BCUT2D eigenvalue weighted by molar-refractivity contribution is -0.441. The van der Waals surface area contributed by atoms with Gasteiger partial charge in [-0.15, -0.1) is 0 Å². The fourth-order valence-electron chi connectivity index (χ4n) is 16.6. The molecule has 0 bridgehead atoms. The van der Waals surface area contributed by atoms with Crippen molar-refractivity contribution in [1.82, 2.24) is 23.1 Å². The first-order valence-electron chi connectivity index (χ1n) is 38.2. The molecule has 7 heterocycles. The van der Waals surface area contributed by atoms with E-state index in [-0.39, 0.29) is 5.92 Å². The summed E-state index contributed by atoms with van der Waals surface area (Å²) in [5.74, 6) is -0.00647. The minimum absolute atomic E-state index is 0.00647. The van der Waals surface area contributed by atoms with Gasteiger partial charge in [-0.3, -0.25) is 4.40 Å². The van der Waals surface area contributed by atoms with Crippen molar-refractivity contribution in [1.29, 1.82) is 0 Å². The molecule has 2 aliphatic heterocycles. The number of hydrazone groups is 2. The number of aromatic nitrogens is 5. The van der Waals surface area contributed by atoms with Crippen LogP contribution in [-0.4, -0.2) is 55.3 Å². The van der Waals surface area contributed by atoms with Gasteiger partial charge in [0.2, 0.25) is 22.8 Å². The van der Waals surface area contributed by atoms with E-state index in [0.717, 1.165) is 96.8 Å². The molecule has 0 aliphatic carbocycles. The largest absolute Gasteiger partial charge is 0.309 e. The van der Waals surface area contributed by atoms with Gasteiger partial charge >= 0.3 is 0 Å². The van der Waals surface area contributed by atoms with Crippen LogP contribution in [0, 0.1) is 0 Å². The van der Waals surface area contributed by atoms with Crippen LogP contribution in [0.1, 0.15) is 40.2 Å². The molecule has 0 saturated carbocycles. The fourth-order valence-corrected chi connectivity index (χ4v) is 16.6. The van der Waals surface area contributed by atoms with E-state index >= 15 is 0 Å². The summed E-state index contributed by atoms with van der Waals surface area (Å²) in [5.41, 5.74) is 28.4. The average molecular weight is 1440 g/mol. The van der Waals surface area contributed by atoms with Crippen LogP contribution in [0.25, 0.3) is 111 Å². The number of hydrogen-bond acceptors (Lipinski definition) is 3. The van der Waals surface area contributed by atoms with E-state index in [1.54, 1.807) is 0 Å². The molecular weight excluding hydrogens is 1360 g/mol. The standard InChI is InChI=1S/C39H28N3.C33H24N3.C31H21N3/c1-4-14-28(15-5-1)37-38(29-16-6-2-7-17-29)40-42(39(37)30-18-8-3-9-19-30)32-26-24-31(25-27-32)41-35-22-12-10-20-33(35)34-21-11-13-23-36(34)41;1-3-11-24(12-4-1)30-23-33(25-13-5-2-6-14-25)36(34-30)27-21-19-26(20-22-27)35-31-17-9-7-15-28(31)29-16-8-10-18-32(29)35;1-2-11-22(12-3-1)30-31(33-20-9-8-19-29(33)32-30)23-13-10-14-24(21-23)34-27-17-6-4-15-25(27)26-16-5-7-18-28(26)34/h1-27,37H;1-22H,23H2;1-21H/q2*+1;. The lowest BCUT2D eigenvalue weighted by Gasteiger charge is -2.13. The number of rotatable bonds is 12. The van der Waals surface area contributed by atoms with Crippen molar-refractivity contribution in [3.63, 3.8) is 0 Å². The van der Waals surface area contributed by atoms with Crippen molar-refractivity contribution in [3.05, 3.63) is 453 Å². The van der Waals surface area contributed by atoms with Crippen LogP contribution in [0.4, 0.5) is 11.4 Å². The molecule has 112 heavy (non-hydrogen) atoms. The van der Waals surface area contributed by atoms with Crippen LogP contribution >= 0.6 is 0 Å². The predicted molar refractivity (Wildman–Crippen MR) is 463 cm³/mol. The molecule has 15 aromatic carbocycles. The van der Waals surface area contributed by atoms with Crippen LogP contribution in [0.15, 0.2) is 435 Å². The third-order valence-electron chi connectivity index (χ3n) is 21.7. The average Bonchev–Trinajstić information content (AvgIpc) is 1.61. The van der Waals surface area contributed by atoms with Gasteiger partial charge in [0.1, 0.15) is 23.0 Å². The van der Waals surface area contributed by atoms with Crippen LogP contribution < -0.4 is 0 Å². The molecule has 1 atom stereocenters. The minimum Gasteiger partial charge on any atom is -0.309 e. The second-order valence-electron chi connectivity index (χ2n) is 28.3. The Labute approximate surface area is 648 Å². The van der Waals surface area contributed by atoms with Gasteiger partial charge in [-0.05, 0) is 124 Å². The van der Waals surface area contributed by atoms with Crippen LogP contribution in [0.3, 0.4) is 0 Å². The normalized spacial score (nSPS) is 13.4. The smallest absolute Gasteiger partial charge is 0.238 e. The first-order valence-corrected chi connectivity index (χ1v) is 38.2. The second-order valence-corrected chi connectivity index (χ2v) is 28.3. The number of hydrogen-bond donors (Lipinski definition) is 0. The zero-order valence-corrected chi connectivity index (χ0v) is 61.2. The molecule has 2 aliphatic rings. The molecule has 5 aromatic heterocycles. The Kier molecular flexibility index (Phi) is 17.2. The molecule has 20 aromatic rings. The lowest BCUT2D eigenvalue weighted by Crippen LogP contribution is -2.22. The Hall–Kier alpha value is -14.9. The third-order valence-corrected chi connectivity index (χ3v) is 21.7. The van der Waals surface area contributed by atoms with Gasteiger partial charge in [-0.25, -0.2) is 4.98 Å². The Balaban J connectivity index is 0.000000110. The molecule has 0 radical (unpaired) electrons. The summed E-state index contributed by atoms with van der Waals surface area (Å²) in [4.78, 5) is 5.01. The summed E-state index contributed by atoms with van der Waals surface area (Å²) in [6.07, 6.45) is 2.89. The van der Waals surface area contributed by atoms with Crippen LogP contribution in [-0.2, 0) is 0 Å². The number of imidazole rings is 1. The first-order chi connectivity index (χ1) is 55.6. The highest BCUT2D eigenvalue weighted by atomic mass is 15.4. The Bertz CT molecular complexity index is 6870. The predicted octanol–water partition coefficient (Wildman–Crippen LogP) is 24.6. The number of nitrogens with zero attached hydrogens (tertiary/aromatic N) is 9. The topological polar surface area (TPSA) is 62.8 Å². The highest BCUT2D eigenvalue weighted by molar-refractivity contribution is 6.24. The van der Waals surface area contributed by atoms with Gasteiger partial charge in [-0.1, -0.05) is 285 Å². The van der Waals surface area contributed by atoms with Crippen molar-refractivity contribution in [2.75, 3.05) is 0 Å². The molecule has 1 unspecified atom stereocenters. The first kappa shape index (κ1) is 66.5. The highest BCUT2D eigenvalue weighted by Gasteiger charge is 2.42. The summed E-state index contributed by atoms with van der Waals surface area (Å²) in [6.45, 7) is 0. The van der Waals surface area contributed by atoms with Gasteiger partial charge in [0.25, 0.3) is 0 Å². The molecule has 9 nitrogen and oxygen atoms in total. The molecule has 0 saturated heterocycles. The number of benzene rings is 15. The van der Waals surface area contributed by atoms with Crippen molar-refractivity contribution < 1.29 is 9.37 Å². The van der Waals surface area contributed by atoms with Gasteiger partial charge in [-0.2, -0.15) is 0 Å². The Morgan fingerprint density at radius 1 is 0.277 bits per heavy atom. The Morgan fingerprint density at radius 3 is 1.12 bits per heavy atom.